The van der Waals surface area contributed by atoms with Crippen LogP contribution in [0.4, 0.5) is 11.5 Å². The SMILES string of the molecule is COc1ccccc1N1CCN(CCCn2c([N+](=O)[O-])cnc2C)CC1. The lowest BCUT2D eigenvalue weighted by molar-refractivity contribution is -0.392. The van der Waals surface area contributed by atoms with Gasteiger partial charge in [-0.05, 0) is 23.5 Å². The van der Waals surface area contributed by atoms with Gasteiger partial charge in [0.05, 0.1) is 19.3 Å². The standard InChI is InChI=1S/C18H25N5O3/c1-15-19-14-18(23(24)25)22(15)9-5-8-20-10-12-21(13-11-20)16-6-3-4-7-17(16)26-2/h3-4,6-7,14H,5,8-13H2,1-2H3. The summed E-state index contributed by atoms with van der Waals surface area (Å²) in [6, 6.07) is 8.10. The minimum atomic E-state index is -0.369. The summed E-state index contributed by atoms with van der Waals surface area (Å²) >= 11 is 0. The highest BCUT2D eigenvalue weighted by Gasteiger charge is 2.21. The van der Waals surface area contributed by atoms with Crippen molar-refractivity contribution in [2.24, 2.45) is 0 Å². The van der Waals surface area contributed by atoms with Crippen LogP contribution in [0.1, 0.15) is 12.2 Å². The van der Waals surface area contributed by atoms with E-state index in [4.69, 9.17) is 4.74 Å². The number of hydrogen-bond acceptors (Lipinski definition) is 6. The molecule has 0 radical (unpaired) electrons. The Hall–Kier alpha value is -2.61. The smallest absolute Gasteiger partial charge is 0.342 e. The zero-order valence-electron chi connectivity index (χ0n) is 15.3. The summed E-state index contributed by atoms with van der Waals surface area (Å²) in [6.07, 6.45) is 2.20. The van der Waals surface area contributed by atoms with E-state index in [1.165, 1.54) is 6.20 Å². The Morgan fingerprint density at radius 3 is 2.62 bits per heavy atom. The highest BCUT2D eigenvalue weighted by Crippen LogP contribution is 2.28. The molecule has 0 bridgehead atoms. The summed E-state index contributed by atoms with van der Waals surface area (Å²) < 4.78 is 7.14. The first kappa shape index (κ1) is 18.2. The van der Waals surface area contributed by atoms with E-state index in [9.17, 15) is 10.1 Å². The van der Waals surface area contributed by atoms with Gasteiger partial charge < -0.3 is 19.8 Å². The summed E-state index contributed by atoms with van der Waals surface area (Å²) in [4.78, 5) is 19.5. The van der Waals surface area contributed by atoms with Crippen LogP contribution in [-0.2, 0) is 6.54 Å². The van der Waals surface area contributed by atoms with Gasteiger partial charge in [-0.15, -0.1) is 0 Å². The number of benzene rings is 1. The molecule has 0 saturated carbocycles. The highest BCUT2D eigenvalue weighted by molar-refractivity contribution is 5.58. The number of imidazole rings is 1. The van der Waals surface area contributed by atoms with Crippen LogP contribution in [-0.4, -0.2) is 59.2 Å². The van der Waals surface area contributed by atoms with Crippen LogP contribution in [0, 0.1) is 17.0 Å². The van der Waals surface area contributed by atoms with Gasteiger partial charge in [-0.2, -0.15) is 0 Å². The Morgan fingerprint density at radius 2 is 1.92 bits per heavy atom. The normalized spacial score (nSPS) is 15.2. The zero-order chi connectivity index (χ0) is 18.5. The molecular weight excluding hydrogens is 334 g/mol. The van der Waals surface area contributed by atoms with Crippen molar-refractivity contribution in [3.63, 3.8) is 0 Å². The first-order valence-corrected chi connectivity index (χ1v) is 8.87. The van der Waals surface area contributed by atoms with Crippen LogP contribution in [0.2, 0.25) is 0 Å². The Kier molecular flexibility index (Phi) is 5.72. The minimum Gasteiger partial charge on any atom is -0.495 e. The van der Waals surface area contributed by atoms with E-state index in [-0.39, 0.29) is 10.7 Å². The van der Waals surface area contributed by atoms with E-state index in [0.29, 0.717) is 12.4 Å². The summed E-state index contributed by atoms with van der Waals surface area (Å²) in [5.41, 5.74) is 1.14. The third-order valence-electron chi connectivity index (χ3n) is 4.88. The lowest BCUT2D eigenvalue weighted by Crippen LogP contribution is -2.46. The molecule has 1 aliphatic heterocycles. The maximum Gasteiger partial charge on any atom is 0.342 e. The van der Waals surface area contributed by atoms with Gasteiger partial charge in [-0.1, -0.05) is 12.1 Å². The number of rotatable bonds is 7. The summed E-state index contributed by atoms with van der Waals surface area (Å²) in [5.74, 6) is 1.67. The molecule has 0 amide bonds. The summed E-state index contributed by atoms with van der Waals surface area (Å²) in [5, 5.41) is 11.0. The number of hydrogen-bond donors (Lipinski definition) is 0. The van der Waals surface area contributed by atoms with Crippen molar-refractivity contribution in [1.29, 1.82) is 0 Å². The molecule has 8 heteroatoms. The first-order valence-electron chi connectivity index (χ1n) is 8.87. The first-order chi connectivity index (χ1) is 12.6. The fourth-order valence-corrected chi connectivity index (χ4v) is 3.43. The van der Waals surface area contributed by atoms with Crippen LogP contribution in [0.15, 0.2) is 30.5 Å². The zero-order valence-corrected chi connectivity index (χ0v) is 15.3. The molecule has 0 unspecified atom stereocenters. The van der Waals surface area contributed by atoms with Crippen molar-refractivity contribution in [2.75, 3.05) is 44.7 Å². The van der Waals surface area contributed by atoms with Gasteiger partial charge in [0.15, 0.2) is 5.82 Å². The Balaban J connectivity index is 1.49. The van der Waals surface area contributed by atoms with Gasteiger partial charge >= 0.3 is 5.82 Å². The number of ether oxygens (including phenoxy) is 1. The monoisotopic (exact) mass is 359 g/mol. The molecule has 2 aromatic rings. The van der Waals surface area contributed by atoms with Gasteiger partial charge in [0.1, 0.15) is 11.9 Å². The summed E-state index contributed by atoms with van der Waals surface area (Å²) in [6.45, 7) is 7.20. The number of methoxy groups -OCH3 is 1. The van der Waals surface area contributed by atoms with Gasteiger partial charge in [-0.25, -0.2) is 9.55 Å². The lowest BCUT2D eigenvalue weighted by atomic mass is 10.2. The molecule has 8 nitrogen and oxygen atoms in total. The Bertz CT molecular complexity index is 753. The molecule has 1 fully saturated rings. The van der Waals surface area contributed by atoms with Crippen LogP contribution >= 0.6 is 0 Å². The van der Waals surface area contributed by atoms with Crippen molar-refractivity contribution in [1.82, 2.24) is 14.5 Å². The predicted octanol–water partition coefficient (Wildman–Crippen LogP) is 2.32. The molecule has 140 valence electrons. The quantitative estimate of drug-likeness (QED) is 0.558. The van der Waals surface area contributed by atoms with E-state index in [2.05, 4.69) is 20.9 Å². The second-order valence-corrected chi connectivity index (χ2v) is 6.43. The largest absolute Gasteiger partial charge is 0.495 e. The Morgan fingerprint density at radius 1 is 1.19 bits per heavy atom. The molecule has 3 rings (SSSR count). The minimum absolute atomic E-state index is 0.0727. The van der Waals surface area contributed by atoms with Crippen molar-refractivity contribution in [2.45, 2.75) is 19.9 Å². The van der Waals surface area contributed by atoms with Crippen molar-refractivity contribution < 1.29 is 9.66 Å². The fourth-order valence-electron chi connectivity index (χ4n) is 3.43. The molecule has 0 spiro atoms. The maximum atomic E-state index is 11.0. The van der Waals surface area contributed by atoms with Crippen LogP contribution in [0.25, 0.3) is 0 Å². The van der Waals surface area contributed by atoms with Gasteiger partial charge in [0.2, 0.25) is 0 Å². The van der Waals surface area contributed by atoms with Crippen molar-refractivity contribution in [3.05, 3.63) is 46.4 Å². The number of nitro groups is 1. The lowest BCUT2D eigenvalue weighted by Gasteiger charge is -2.36. The van der Waals surface area contributed by atoms with Crippen molar-refractivity contribution in [3.8, 4) is 5.75 Å². The Labute approximate surface area is 153 Å². The highest BCUT2D eigenvalue weighted by atomic mass is 16.6. The van der Waals surface area contributed by atoms with Crippen LogP contribution in [0.3, 0.4) is 0 Å². The average molecular weight is 359 g/mol. The topological polar surface area (TPSA) is 76.7 Å². The number of aryl methyl sites for hydroxylation is 1. The molecule has 0 aliphatic carbocycles. The van der Waals surface area contributed by atoms with E-state index < -0.39 is 0 Å². The molecule has 26 heavy (non-hydrogen) atoms. The van der Waals surface area contributed by atoms with E-state index >= 15 is 0 Å². The van der Waals surface area contributed by atoms with Gasteiger partial charge in [0.25, 0.3) is 0 Å². The van der Waals surface area contributed by atoms with E-state index in [1.54, 1.807) is 18.6 Å². The number of aromatic nitrogens is 2. The number of anilines is 1. The number of nitrogens with zero attached hydrogens (tertiary/aromatic N) is 5. The van der Waals surface area contributed by atoms with E-state index in [1.807, 2.05) is 18.2 Å². The number of piperazine rings is 1. The van der Waals surface area contributed by atoms with Crippen LogP contribution in [0.5, 0.6) is 5.75 Å². The second-order valence-electron chi connectivity index (χ2n) is 6.43. The molecular formula is C18H25N5O3. The predicted molar refractivity (Wildman–Crippen MR) is 99.9 cm³/mol. The third kappa shape index (κ3) is 3.96. The fraction of sp³-hybridized carbons (Fsp3) is 0.500. The molecule has 1 aromatic carbocycles. The van der Waals surface area contributed by atoms with Gasteiger partial charge in [0, 0.05) is 39.6 Å². The number of para-hydroxylation sites is 2. The average Bonchev–Trinajstić information content (AvgIpc) is 3.03. The molecule has 2 heterocycles. The van der Waals surface area contributed by atoms with E-state index in [0.717, 1.165) is 50.6 Å². The molecule has 1 saturated heterocycles. The third-order valence-corrected chi connectivity index (χ3v) is 4.88. The second kappa shape index (κ2) is 8.18. The maximum absolute atomic E-state index is 11.0. The molecule has 1 aliphatic rings. The van der Waals surface area contributed by atoms with Gasteiger partial charge in [-0.3, -0.25) is 4.90 Å². The molecule has 0 atom stereocenters. The van der Waals surface area contributed by atoms with Crippen LogP contribution < -0.4 is 9.64 Å². The van der Waals surface area contributed by atoms with Crippen molar-refractivity contribution >= 4 is 11.5 Å². The molecule has 1 aromatic heterocycles. The molecule has 0 N–H and O–H groups in total. The summed E-state index contributed by atoms with van der Waals surface area (Å²) in [7, 11) is 1.70.